The number of phenolic OH excluding ortho intramolecular Hbond substituents is 1. The Morgan fingerprint density at radius 3 is 2.55 bits per heavy atom. The van der Waals surface area contributed by atoms with Crippen molar-refractivity contribution < 1.29 is 23.4 Å². The Morgan fingerprint density at radius 2 is 1.87 bits per heavy atom. The number of ether oxygens (including phenoxy) is 1. The number of aromatic hydroxyl groups is 1. The number of benzene rings is 2. The lowest BCUT2D eigenvalue weighted by molar-refractivity contribution is 0.104. The molecule has 0 aromatic heterocycles. The number of para-hydroxylation sites is 2. The first kappa shape index (κ1) is 21.9. The molecule has 2 unspecified atom stereocenters. The summed E-state index contributed by atoms with van der Waals surface area (Å²) in [7, 11) is -2.01. The third-order valence-electron chi connectivity index (χ3n) is 6.28. The van der Waals surface area contributed by atoms with Gasteiger partial charge in [0.15, 0.2) is 0 Å². The first-order valence-electron chi connectivity index (χ1n) is 10.5. The number of anilines is 1. The van der Waals surface area contributed by atoms with Gasteiger partial charge in [-0.1, -0.05) is 18.2 Å². The van der Waals surface area contributed by atoms with Crippen LogP contribution in [0.2, 0.25) is 0 Å². The number of nitrogens with zero attached hydrogens (tertiary/aromatic N) is 2. The lowest BCUT2D eigenvalue weighted by atomic mass is 9.90. The number of aliphatic hydroxyl groups is 1. The standard InChI is InChI=1S/C22H29N3O5S/c1-30-20-7-4-8-21-22(20)16(14-23-31(21,28)29)13-17(15-26)24-9-11-25(12-10-24)18-5-2-3-6-19(18)27/h2-8,16-17,23,26-27H,9-15H2,1H3. The van der Waals surface area contributed by atoms with Gasteiger partial charge in [0.25, 0.3) is 0 Å². The minimum Gasteiger partial charge on any atom is -0.506 e. The number of methoxy groups -OCH3 is 1. The Kier molecular flexibility index (Phi) is 6.38. The maximum Gasteiger partial charge on any atom is 0.241 e. The van der Waals surface area contributed by atoms with Crippen LogP contribution in [0.5, 0.6) is 11.5 Å². The molecule has 4 rings (SSSR count). The summed E-state index contributed by atoms with van der Waals surface area (Å²) in [5.41, 5.74) is 1.51. The van der Waals surface area contributed by atoms with Crippen LogP contribution in [0.1, 0.15) is 17.9 Å². The Balaban J connectivity index is 1.49. The second kappa shape index (κ2) is 9.04. The third kappa shape index (κ3) is 4.36. The fourth-order valence-corrected chi connectivity index (χ4v) is 6.05. The SMILES string of the molecule is COc1cccc2c1C(CC(CO)N1CCN(c3ccccc3O)CC1)CNS2(=O)=O. The number of aliphatic hydroxyl groups excluding tert-OH is 1. The summed E-state index contributed by atoms with van der Waals surface area (Å²) in [5.74, 6) is 0.740. The van der Waals surface area contributed by atoms with Gasteiger partial charge < -0.3 is 19.8 Å². The zero-order valence-electron chi connectivity index (χ0n) is 17.6. The molecule has 2 aromatic carbocycles. The molecule has 2 aliphatic rings. The lowest BCUT2D eigenvalue weighted by Crippen LogP contribution is -2.52. The molecule has 31 heavy (non-hydrogen) atoms. The zero-order chi connectivity index (χ0) is 22.0. The van der Waals surface area contributed by atoms with E-state index in [0.29, 0.717) is 17.7 Å². The summed E-state index contributed by atoms with van der Waals surface area (Å²) in [6.07, 6.45) is 0.614. The van der Waals surface area contributed by atoms with Gasteiger partial charge in [0.1, 0.15) is 11.5 Å². The van der Waals surface area contributed by atoms with E-state index in [1.807, 2.05) is 12.1 Å². The van der Waals surface area contributed by atoms with E-state index >= 15 is 0 Å². The molecule has 2 atom stereocenters. The normalized spacial score (nSPS) is 22.0. The highest BCUT2D eigenvalue weighted by molar-refractivity contribution is 7.89. The second-order valence-corrected chi connectivity index (χ2v) is 9.74. The van der Waals surface area contributed by atoms with Gasteiger partial charge in [-0.2, -0.15) is 0 Å². The summed E-state index contributed by atoms with van der Waals surface area (Å²) >= 11 is 0. The molecular weight excluding hydrogens is 418 g/mol. The highest BCUT2D eigenvalue weighted by Crippen LogP contribution is 2.38. The van der Waals surface area contributed by atoms with Crippen LogP contribution in [-0.2, 0) is 10.0 Å². The fraction of sp³-hybridized carbons (Fsp3) is 0.455. The van der Waals surface area contributed by atoms with Crippen LogP contribution < -0.4 is 14.4 Å². The van der Waals surface area contributed by atoms with Gasteiger partial charge in [-0.05, 0) is 30.7 Å². The number of hydrogen-bond donors (Lipinski definition) is 3. The van der Waals surface area contributed by atoms with E-state index in [4.69, 9.17) is 4.74 Å². The van der Waals surface area contributed by atoms with E-state index in [0.717, 1.165) is 31.9 Å². The van der Waals surface area contributed by atoms with Gasteiger partial charge in [-0.25, -0.2) is 13.1 Å². The predicted molar refractivity (Wildman–Crippen MR) is 118 cm³/mol. The summed E-state index contributed by atoms with van der Waals surface area (Å²) in [6.45, 7) is 3.25. The van der Waals surface area contributed by atoms with E-state index in [9.17, 15) is 18.6 Å². The van der Waals surface area contributed by atoms with Crippen molar-refractivity contribution in [1.82, 2.24) is 9.62 Å². The molecule has 0 aliphatic carbocycles. The zero-order valence-corrected chi connectivity index (χ0v) is 18.4. The molecule has 1 saturated heterocycles. The number of piperazine rings is 1. The summed E-state index contributed by atoms with van der Waals surface area (Å²) < 4.78 is 33.1. The summed E-state index contributed by atoms with van der Waals surface area (Å²) in [6, 6.07) is 12.3. The number of sulfonamides is 1. The third-order valence-corrected chi connectivity index (χ3v) is 7.77. The summed E-state index contributed by atoms with van der Waals surface area (Å²) in [5, 5.41) is 20.3. The first-order valence-corrected chi connectivity index (χ1v) is 12.0. The van der Waals surface area contributed by atoms with Gasteiger partial charge >= 0.3 is 0 Å². The Bertz CT molecular complexity index is 1020. The molecule has 0 spiro atoms. The Hall–Kier alpha value is -2.33. The van der Waals surface area contributed by atoms with Gasteiger partial charge in [0.2, 0.25) is 10.0 Å². The molecular formula is C22H29N3O5S. The Morgan fingerprint density at radius 1 is 1.13 bits per heavy atom. The molecule has 9 heteroatoms. The topological polar surface area (TPSA) is 102 Å². The molecule has 168 valence electrons. The molecule has 2 aliphatic heterocycles. The number of nitrogens with one attached hydrogen (secondary N) is 1. The monoisotopic (exact) mass is 447 g/mol. The average Bonchev–Trinajstić information content (AvgIpc) is 2.79. The van der Waals surface area contributed by atoms with Crippen LogP contribution in [0.25, 0.3) is 0 Å². The van der Waals surface area contributed by atoms with E-state index < -0.39 is 10.0 Å². The minimum absolute atomic E-state index is 0.00960. The summed E-state index contributed by atoms with van der Waals surface area (Å²) in [4.78, 5) is 4.64. The molecule has 0 bridgehead atoms. The molecule has 0 amide bonds. The minimum atomic E-state index is -3.55. The smallest absolute Gasteiger partial charge is 0.241 e. The van der Waals surface area contributed by atoms with Crippen molar-refractivity contribution in [3.05, 3.63) is 48.0 Å². The van der Waals surface area contributed by atoms with Crippen molar-refractivity contribution in [3.63, 3.8) is 0 Å². The number of fused-ring (bicyclic) bond motifs is 1. The number of phenols is 1. The second-order valence-electron chi connectivity index (χ2n) is 8.00. The number of rotatable bonds is 6. The van der Waals surface area contributed by atoms with E-state index in [2.05, 4.69) is 14.5 Å². The number of hydrogen-bond acceptors (Lipinski definition) is 7. The van der Waals surface area contributed by atoms with E-state index in [1.54, 1.807) is 37.4 Å². The molecule has 2 aromatic rings. The molecule has 0 saturated carbocycles. The molecule has 3 N–H and O–H groups in total. The van der Waals surface area contributed by atoms with Gasteiger partial charge in [-0.15, -0.1) is 0 Å². The maximum atomic E-state index is 12.5. The van der Waals surface area contributed by atoms with Crippen LogP contribution in [0.15, 0.2) is 47.4 Å². The fourth-order valence-electron chi connectivity index (χ4n) is 4.66. The van der Waals surface area contributed by atoms with Gasteiger partial charge in [-0.3, -0.25) is 4.90 Å². The quantitative estimate of drug-likeness (QED) is 0.614. The van der Waals surface area contributed by atoms with E-state index in [-0.39, 0.29) is 35.8 Å². The molecule has 1 fully saturated rings. The van der Waals surface area contributed by atoms with Crippen molar-refractivity contribution in [3.8, 4) is 11.5 Å². The van der Waals surface area contributed by atoms with Gasteiger partial charge in [0, 0.05) is 50.2 Å². The first-order chi connectivity index (χ1) is 14.9. The van der Waals surface area contributed by atoms with Crippen LogP contribution in [-0.4, -0.2) is 76.0 Å². The van der Waals surface area contributed by atoms with Crippen LogP contribution in [0.3, 0.4) is 0 Å². The van der Waals surface area contributed by atoms with Gasteiger partial charge in [0.05, 0.1) is 24.3 Å². The highest BCUT2D eigenvalue weighted by atomic mass is 32.2. The van der Waals surface area contributed by atoms with Crippen molar-refractivity contribution >= 4 is 15.7 Å². The molecule has 0 radical (unpaired) electrons. The molecule has 2 heterocycles. The van der Waals surface area contributed by atoms with Crippen LogP contribution >= 0.6 is 0 Å². The van der Waals surface area contributed by atoms with Crippen LogP contribution in [0, 0.1) is 0 Å². The van der Waals surface area contributed by atoms with Crippen molar-refractivity contribution in [1.29, 1.82) is 0 Å². The Labute approximate surface area is 183 Å². The average molecular weight is 448 g/mol. The van der Waals surface area contributed by atoms with E-state index in [1.165, 1.54) is 0 Å². The van der Waals surface area contributed by atoms with Crippen LogP contribution in [0.4, 0.5) is 5.69 Å². The van der Waals surface area contributed by atoms with Crippen molar-refractivity contribution in [2.45, 2.75) is 23.3 Å². The lowest BCUT2D eigenvalue weighted by Gasteiger charge is -2.41. The highest BCUT2D eigenvalue weighted by Gasteiger charge is 2.35. The molecule has 8 nitrogen and oxygen atoms in total. The van der Waals surface area contributed by atoms with Crippen molar-refractivity contribution in [2.24, 2.45) is 0 Å². The predicted octanol–water partition coefficient (Wildman–Crippen LogP) is 1.35. The largest absolute Gasteiger partial charge is 0.506 e. The maximum absolute atomic E-state index is 12.5. The van der Waals surface area contributed by atoms with Crippen molar-refractivity contribution in [2.75, 3.05) is 51.3 Å².